The van der Waals surface area contributed by atoms with Gasteiger partial charge in [-0.05, 0) is 65.2 Å². The zero-order chi connectivity index (χ0) is 27.7. The lowest BCUT2D eigenvalue weighted by Gasteiger charge is -2.37. The van der Waals surface area contributed by atoms with Crippen LogP contribution in [0.2, 0.25) is 0 Å². The van der Waals surface area contributed by atoms with Crippen molar-refractivity contribution in [1.82, 2.24) is 10.2 Å². The summed E-state index contributed by atoms with van der Waals surface area (Å²) < 4.78 is 5.34. The van der Waals surface area contributed by atoms with E-state index >= 15 is 0 Å². The van der Waals surface area contributed by atoms with Gasteiger partial charge in [0, 0.05) is 29.2 Å². The number of hydrogen-bond donors (Lipinski definition) is 3. The Labute approximate surface area is 228 Å². The Hall–Kier alpha value is -3.37. The van der Waals surface area contributed by atoms with Crippen LogP contribution in [0.1, 0.15) is 47.0 Å². The molecule has 1 aliphatic heterocycles. The monoisotopic (exact) mass is 537 g/mol. The Morgan fingerprint density at radius 3 is 2.68 bits per heavy atom. The molecule has 1 aromatic carbocycles. The van der Waals surface area contributed by atoms with E-state index in [1.807, 2.05) is 45.9 Å². The van der Waals surface area contributed by atoms with Gasteiger partial charge < -0.3 is 20.3 Å². The van der Waals surface area contributed by atoms with Crippen LogP contribution in [0.15, 0.2) is 24.3 Å². The second-order valence-corrected chi connectivity index (χ2v) is 12.4. The standard InChI is InChI=1S/C28H35N5O4S/c1-6-13-30-25(35)28(16-29)22-23(28)38-21-15-19(11-12-20(21)24(34)33(22)7-2)31-17-9-8-10-18(14-17)32-26(36)37-27(3,4)5/h1,8-10,14,19-23,31H,7,11-13,15H2,2-5H3,(H,30,35)(H,32,36). The first kappa shape index (κ1) is 27.7. The first-order chi connectivity index (χ1) is 18.0. The van der Waals surface area contributed by atoms with E-state index in [-0.39, 0.29) is 34.9 Å². The number of terminal acetylenes is 1. The van der Waals surface area contributed by atoms with Crippen LogP contribution in [-0.2, 0) is 14.3 Å². The molecule has 0 spiro atoms. The molecule has 2 aliphatic carbocycles. The molecular weight excluding hydrogens is 502 g/mol. The van der Waals surface area contributed by atoms with Gasteiger partial charge in [-0.15, -0.1) is 18.2 Å². The number of ether oxygens (including phenoxy) is 1. The van der Waals surface area contributed by atoms with Gasteiger partial charge in [-0.2, -0.15) is 5.26 Å². The van der Waals surface area contributed by atoms with Crippen molar-refractivity contribution in [1.29, 1.82) is 5.26 Å². The van der Waals surface area contributed by atoms with Crippen molar-refractivity contribution >= 4 is 41.0 Å². The third-order valence-corrected chi connectivity index (χ3v) is 9.07. The second kappa shape index (κ2) is 10.8. The van der Waals surface area contributed by atoms with Crippen LogP contribution in [-0.4, -0.2) is 64.1 Å². The average Bonchev–Trinajstić information content (AvgIpc) is 3.51. The van der Waals surface area contributed by atoms with E-state index in [2.05, 4.69) is 27.9 Å². The van der Waals surface area contributed by atoms with Gasteiger partial charge in [0.25, 0.3) is 0 Å². The number of hydrogen-bond acceptors (Lipinski definition) is 7. The van der Waals surface area contributed by atoms with Crippen LogP contribution in [0.4, 0.5) is 16.2 Å². The summed E-state index contributed by atoms with van der Waals surface area (Å²) in [5.41, 5.74) is -0.398. The number of benzene rings is 1. The van der Waals surface area contributed by atoms with E-state index in [4.69, 9.17) is 11.2 Å². The van der Waals surface area contributed by atoms with E-state index in [0.29, 0.717) is 12.2 Å². The fraction of sp³-hybridized carbons (Fsp3) is 0.571. The van der Waals surface area contributed by atoms with Gasteiger partial charge in [-0.3, -0.25) is 14.9 Å². The molecule has 2 saturated carbocycles. The minimum absolute atomic E-state index is 0.0171. The van der Waals surface area contributed by atoms with Crippen LogP contribution in [0.25, 0.3) is 0 Å². The van der Waals surface area contributed by atoms with Gasteiger partial charge in [0.15, 0.2) is 5.41 Å². The number of fused-ring (bicyclic) bond motifs is 2. The number of nitrogens with one attached hydrogen (secondary N) is 3. The molecule has 0 radical (unpaired) electrons. The van der Waals surface area contributed by atoms with Crippen LogP contribution in [0.3, 0.4) is 0 Å². The summed E-state index contributed by atoms with van der Waals surface area (Å²) >= 11 is 1.60. The average molecular weight is 538 g/mol. The summed E-state index contributed by atoms with van der Waals surface area (Å²) in [4.78, 5) is 40.5. The van der Waals surface area contributed by atoms with Gasteiger partial charge >= 0.3 is 6.09 Å². The molecule has 4 rings (SSSR count). The Balaban J connectivity index is 1.46. The van der Waals surface area contributed by atoms with Crippen molar-refractivity contribution < 1.29 is 19.1 Å². The summed E-state index contributed by atoms with van der Waals surface area (Å²) in [5, 5.41) is 18.8. The van der Waals surface area contributed by atoms with E-state index in [1.165, 1.54) is 0 Å². The topological polar surface area (TPSA) is 124 Å². The van der Waals surface area contributed by atoms with Gasteiger partial charge in [-0.25, -0.2) is 4.79 Å². The lowest BCUT2D eigenvalue weighted by atomic mass is 9.84. The number of nitriles is 1. The molecule has 38 heavy (non-hydrogen) atoms. The summed E-state index contributed by atoms with van der Waals surface area (Å²) in [7, 11) is 0. The molecule has 202 valence electrons. The van der Waals surface area contributed by atoms with Crippen molar-refractivity contribution in [3.8, 4) is 18.4 Å². The maximum Gasteiger partial charge on any atom is 0.412 e. The van der Waals surface area contributed by atoms with E-state index in [9.17, 15) is 19.6 Å². The van der Waals surface area contributed by atoms with Crippen molar-refractivity contribution in [3.05, 3.63) is 24.3 Å². The molecule has 0 aromatic heterocycles. The maximum atomic E-state index is 13.6. The van der Waals surface area contributed by atoms with Crippen molar-refractivity contribution in [2.45, 2.75) is 75.1 Å². The summed E-state index contributed by atoms with van der Waals surface area (Å²) in [6.07, 6.45) is 7.04. The predicted molar refractivity (Wildman–Crippen MR) is 147 cm³/mol. The first-order valence-corrected chi connectivity index (χ1v) is 13.9. The van der Waals surface area contributed by atoms with Crippen LogP contribution < -0.4 is 16.0 Å². The zero-order valence-corrected chi connectivity index (χ0v) is 23.1. The highest BCUT2D eigenvalue weighted by molar-refractivity contribution is 8.01. The van der Waals surface area contributed by atoms with Crippen molar-refractivity contribution in [2.75, 3.05) is 23.7 Å². The third kappa shape index (κ3) is 5.42. The first-order valence-electron chi connectivity index (χ1n) is 13.0. The second-order valence-electron chi connectivity index (χ2n) is 11.0. The number of thioether (sulfide) groups is 1. The number of amides is 3. The Bertz CT molecular complexity index is 1180. The van der Waals surface area contributed by atoms with E-state index < -0.39 is 29.1 Å². The largest absolute Gasteiger partial charge is 0.444 e. The number of rotatable bonds is 6. The fourth-order valence-electron chi connectivity index (χ4n) is 5.58. The van der Waals surface area contributed by atoms with Crippen LogP contribution >= 0.6 is 11.8 Å². The van der Waals surface area contributed by atoms with Crippen molar-refractivity contribution in [2.24, 2.45) is 11.3 Å². The van der Waals surface area contributed by atoms with E-state index in [0.717, 1.165) is 24.9 Å². The molecule has 9 nitrogen and oxygen atoms in total. The molecular formula is C28H35N5O4S. The Morgan fingerprint density at radius 2 is 2.03 bits per heavy atom. The molecule has 6 atom stereocenters. The lowest BCUT2D eigenvalue weighted by molar-refractivity contribution is -0.137. The minimum Gasteiger partial charge on any atom is -0.444 e. The van der Waals surface area contributed by atoms with Gasteiger partial charge in [0.1, 0.15) is 5.60 Å². The Kier molecular flexibility index (Phi) is 7.85. The molecule has 3 aliphatic rings. The molecule has 3 fully saturated rings. The van der Waals surface area contributed by atoms with Crippen LogP contribution in [0.5, 0.6) is 0 Å². The molecule has 1 heterocycles. The number of anilines is 2. The highest BCUT2D eigenvalue weighted by Crippen LogP contribution is 2.61. The van der Waals surface area contributed by atoms with E-state index in [1.54, 1.807) is 22.7 Å². The smallest absolute Gasteiger partial charge is 0.412 e. The van der Waals surface area contributed by atoms with Gasteiger partial charge in [-0.1, -0.05) is 12.0 Å². The highest BCUT2D eigenvalue weighted by atomic mass is 32.2. The molecule has 0 bridgehead atoms. The molecule has 3 amide bonds. The molecule has 10 heteroatoms. The molecule has 1 aromatic rings. The normalized spacial score (nSPS) is 29.9. The SMILES string of the molecule is C#CCNC(=O)C1(C#N)C2SC3CC(Nc4cccc(NC(=O)OC(C)(C)C)c4)CCC3C(=O)N(CC)C21. The summed E-state index contributed by atoms with van der Waals surface area (Å²) in [6, 6.07) is 9.34. The zero-order valence-electron chi connectivity index (χ0n) is 22.2. The minimum atomic E-state index is -1.28. The quantitative estimate of drug-likeness (QED) is 0.474. The Morgan fingerprint density at radius 1 is 1.29 bits per heavy atom. The number of carbonyl (C=O) groups excluding carboxylic acids is 3. The third-order valence-electron chi connectivity index (χ3n) is 7.27. The number of carbonyl (C=O) groups is 3. The summed E-state index contributed by atoms with van der Waals surface area (Å²) in [6.45, 7) is 7.83. The van der Waals surface area contributed by atoms with Crippen LogP contribution in [0, 0.1) is 35.0 Å². The summed E-state index contributed by atoms with van der Waals surface area (Å²) in [5.74, 6) is 1.87. The lowest BCUT2D eigenvalue weighted by Crippen LogP contribution is -2.47. The molecule has 3 N–H and O–H groups in total. The maximum absolute atomic E-state index is 13.6. The van der Waals surface area contributed by atoms with Crippen molar-refractivity contribution in [3.63, 3.8) is 0 Å². The molecule has 1 saturated heterocycles. The number of nitrogens with zero attached hydrogens (tertiary/aromatic N) is 2. The molecule has 6 unspecified atom stereocenters. The highest BCUT2D eigenvalue weighted by Gasteiger charge is 2.76. The predicted octanol–water partition coefficient (Wildman–Crippen LogP) is 3.59. The van der Waals surface area contributed by atoms with Gasteiger partial charge in [0.2, 0.25) is 11.8 Å². The van der Waals surface area contributed by atoms with Gasteiger partial charge in [0.05, 0.1) is 29.8 Å². The fourth-order valence-corrected chi connectivity index (χ4v) is 7.69.